The summed E-state index contributed by atoms with van der Waals surface area (Å²) in [6.45, 7) is 11.3. The van der Waals surface area contributed by atoms with Crippen molar-refractivity contribution in [3.05, 3.63) is 35.4 Å². The quantitative estimate of drug-likeness (QED) is 0.787. The minimum atomic E-state index is 0.435. The zero-order chi connectivity index (χ0) is 12.1. The Morgan fingerprint density at radius 2 is 1.75 bits per heavy atom. The van der Waals surface area contributed by atoms with Crippen LogP contribution >= 0.6 is 0 Å². The minimum Gasteiger partial charge on any atom is -0.307 e. The lowest BCUT2D eigenvalue weighted by Gasteiger charge is -2.25. The third kappa shape index (κ3) is 3.34. The molecule has 0 aliphatic heterocycles. The van der Waals surface area contributed by atoms with Crippen LogP contribution < -0.4 is 5.32 Å². The summed E-state index contributed by atoms with van der Waals surface area (Å²) < 4.78 is 0. The fraction of sp³-hybridized carbons (Fsp3) is 0.600. The third-order valence-corrected chi connectivity index (χ3v) is 3.67. The van der Waals surface area contributed by atoms with Gasteiger partial charge in [0, 0.05) is 12.1 Å². The lowest BCUT2D eigenvalue weighted by atomic mass is 9.97. The Kier molecular flexibility index (Phi) is 5.01. The van der Waals surface area contributed by atoms with Gasteiger partial charge in [-0.1, -0.05) is 44.5 Å². The molecule has 90 valence electrons. The molecule has 0 radical (unpaired) electrons. The Morgan fingerprint density at radius 1 is 1.12 bits per heavy atom. The lowest BCUT2D eigenvalue weighted by Crippen LogP contribution is -2.34. The van der Waals surface area contributed by atoms with Gasteiger partial charge in [-0.15, -0.1) is 0 Å². The van der Waals surface area contributed by atoms with Crippen molar-refractivity contribution in [2.45, 2.75) is 53.1 Å². The van der Waals surface area contributed by atoms with Crippen LogP contribution in [0.2, 0.25) is 0 Å². The highest BCUT2D eigenvalue weighted by Crippen LogP contribution is 2.19. The second-order valence-electron chi connectivity index (χ2n) is 4.92. The maximum absolute atomic E-state index is 3.69. The third-order valence-electron chi connectivity index (χ3n) is 3.67. The zero-order valence-corrected chi connectivity index (χ0v) is 11.2. The normalized spacial score (nSPS) is 16.8. The van der Waals surface area contributed by atoms with Crippen molar-refractivity contribution in [2.24, 2.45) is 5.92 Å². The summed E-state index contributed by atoms with van der Waals surface area (Å²) in [5, 5.41) is 3.69. The fourth-order valence-corrected chi connectivity index (χ4v) is 2.07. The van der Waals surface area contributed by atoms with Crippen molar-refractivity contribution >= 4 is 0 Å². The molecule has 0 aliphatic carbocycles. The second-order valence-corrected chi connectivity index (χ2v) is 4.92. The Hall–Kier alpha value is -0.820. The monoisotopic (exact) mass is 219 g/mol. The van der Waals surface area contributed by atoms with Crippen molar-refractivity contribution in [3.63, 3.8) is 0 Å². The van der Waals surface area contributed by atoms with Crippen LogP contribution in [0, 0.1) is 12.8 Å². The number of hydrogen-bond donors (Lipinski definition) is 1. The number of benzene rings is 1. The van der Waals surface area contributed by atoms with Crippen LogP contribution in [0.15, 0.2) is 24.3 Å². The fourth-order valence-electron chi connectivity index (χ4n) is 2.07. The molecule has 0 saturated carbocycles. The molecular formula is C15H25N. The zero-order valence-electron chi connectivity index (χ0n) is 11.2. The van der Waals surface area contributed by atoms with E-state index in [9.17, 15) is 0 Å². The first kappa shape index (κ1) is 13.2. The summed E-state index contributed by atoms with van der Waals surface area (Å²) in [5.41, 5.74) is 2.79. The van der Waals surface area contributed by atoms with E-state index in [1.807, 2.05) is 0 Å². The molecule has 0 heterocycles. The molecule has 1 N–H and O–H groups in total. The van der Waals surface area contributed by atoms with Gasteiger partial charge in [-0.25, -0.2) is 0 Å². The molecular weight excluding hydrogens is 194 g/mol. The van der Waals surface area contributed by atoms with Crippen LogP contribution in [0.4, 0.5) is 0 Å². The molecule has 1 aromatic carbocycles. The molecule has 0 bridgehead atoms. The van der Waals surface area contributed by atoms with Gasteiger partial charge in [-0.2, -0.15) is 0 Å². The SMILES string of the molecule is CCC(C)C(C)NC(C)c1ccccc1C. The van der Waals surface area contributed by atoms with Gasteiger partial charge in [0.05, 0.1) is 0 Å². The largest absolute Gasteiger partial charge is 0.307 e. The van der Waals surface area contributed by atoms with Crippen LogP contribution in [0.5, 0.6) is 0 Å². The summed E-state index contributed by atoms with van der Waals surface area (Å²) in [6.07, 6.45) is 1.23. The highest BCUT2D eigenvalue weighted by atomic mass is 14.9. The number of hydrogen-bond acceptors (Lipinski definition) is 1. The first-order valence-electron chi connectivity index (χ1n) is 6.37. The molecule has 0 aromatic heterocycles. The Labute approximate surface area is 100 Å². The van der Waals surface area contributed by atoms with Gasteiger partial charge in [0.25, 0.3) is 0 Å². The highest BCUT2D eigenvalue weighted by Gasteiger charge is 2.14. The van der Waals surface area contributed by atoms with Crippen LogP contribution in [0.1, 0.15) is 51.3 Å². The van der Waals surface area contributed by atoms with Crippen LogP contribution in [-0.4, -0.2) is 6.04 Å². The summed E-state index contributed by atoms with van der Waals surface area (Å²) in [5.74, 6) is 0.728. The first-order chi connectivity index (χ1) is 7.56. The Bertz CT molecular complexity index is 319. The molecule has 0 amide bonds. The van der Waals surface area contributed by atoms with E-state index in [2.05, 4.69) is 64.2 Å². The van der Waals surface area contributed by atoms with E-state index in [0.717, 1.165) is 5.92 Å². The maximum Gasteiger partial charge on any atom is 0.0296 e. The molecule has 1 aromatic rings. The minimum absolute atomic E-state index is 0.435. The van der Waals surface area contributed by atoms with Crippen LogP contribution in [0.3, 0.4) is 0 Å². The van der Waals surface area contributed by atoms with Gasteiger partial charge in [-0.3, -0.25) is 0 Å². The maximum atomic E-state index is 3.69. The topological polar surface area (TPSA) is 12.0 Å². The Morgan fingerprint density at radius 3 is 2.31 bits per heavy atom. The smallest absolute Gasteiger partial charge is 0.0296 e. The van der Waals surface area contributed by atoms with Gasteiger partial charge in [-0.05, 0) is 37.8 Å². The highest BCUT2D eigenvalue weighted by molar-refractivity contribution is 5.28. The molecule has 16 heavy (non-hydrogen) atoms. The van der Waals surface area contributed by atoms with E-state index < -0.39 is 0 Å². The average molecular weight is 219 g/mol. The van der Waals surface area contributed by atoms with Crippen LogP contribution in [0.25, 0.3) is 0 Å². The van der Waals surface area contributed by atoms with E-state index in [4.69, 9.17) is 0 Å². The first-order valence-corrected chi connectivity index (χ1v) is 6.37. The van der Waals surface area contributed by atoms with E-state index in [1.54, 1.807) is 0 Å². The van der Waals surface area contributed by atoms with Crippen molar-refractivity contribution in [3.8, 4) is 0 Å². The van der Waals surface area contributed by atoms with Crippen molar-refractivity contribution < 1.29 is 0 Å². The molecule has 1 heteroatoms. The molecule has 0 saturated heterocycles. The summed E-state index contributed by atoms with van der Waals surface area (Å²) in [4.78, 5) is 0. The van der Waals surface area contributed by atoms with Gasteiger partial charge in [0.15, 0.2) is 0 Å². The molecule has 1 nitrogen and oxygen atoms in total. The van der Waals surface area contributed by atoms with E-state index in [-0.39, 0.29) is 0 Å². The van der Waals surface area contributed by atoms with Crippen molar-refractivity contribution in [1.29, 1.82) is 0 Å². The van der Waals surface area contributed by atoms with Gasteiger partial charge >= 0.3 is 0 Å². The molecule has 0 fully saturated rings. The number of rotatable bonds is 5. The second kappa shape index (κ2) is 6.05. The number of aryl methyl sites for hydroxylation is 1. The van der Waals surface area contributed by atoms with E-state index >= 15 is 0 Å². The van der Waals surface area contributed by atoms with E-state index in [1.165, 1.54) is 17.5 Å². The number of nitrogens with one attached hydrogen (secondary N) is 1. The summed E-state index contributed by atoms with van der Waals surface area (Å²) in [6, 6.07) is 9.63. The molecule has 3 atom stereocenters. The van der Waals surface area contributed by atoms with Gasteiger partial charge in [0.2, 0.25) is 0 Å². The lowest BCUT2D eigenvalue weighted by molar-refractivity contribution is 0.360. The van der Waals surface area contributed by atoms with Crippen molar-refractivity contribution in [2.75, 3.05) is 0 Å². The van der Waals surface area contributed by atoms with Gasteiger partial charge in [0.1, 0.15) is 0 Å². The summed E-state index contributed by atoms with van der Waals surface area (Å²) >= 11 is 0. The standard InChI is InChI=1S/C15H25N/c1-6-11(2)13(4)16-14(5)15-10-8-7-9-12(15)3/h7-11,13-14,16H,6H2,1-5H3. The predicted molar refractivity (Wildman–Crippen MR) is 71.6 cm³/mol. The van der Waals surface area contributed by atoms with Gasteiger partial charge < -0.3 is 5.32 Å². The van der Waals surface area contributed by atoms with Crippen LogP contribution in [-0.2, 0) is 0 Å². The average Bonchev–Trinajstić information content (AvgIpc) is 2.28. The van der Waals surface area contributed by atoms with Crippen molar-refractivity contribution in [1.82, 2.24) is 5.32 Å². The Balaban J connectivity index is 2.65. The molecule has 1 rings (SSSR count). The molecule has 0 spiro atoms. The molecule has 0 aliphatic rings. The molecule has 3 unspecified atom stereocenters. The summed E-state index contributed by atoms with van der Waals surface area (Å²) in [7, 11) is 0. The predicted octanol–water partition coefficient (Wildman–Crippen LogP) is 4.08. The van der Waals surface area contributed by atoms with E-state index in [0.29, 0.717) is 12.1 Å².